The Labute approximate surface area is 136 Å². The third-order valence-electron chi connectivity index (χ3n) is 3.63. The molecule has 0 aliphatic heterocycles. The Morgan fingerprint density at radius 1 is 0.773 bits per heavy atom. The first-order chi connectivity index (χ1) is 10.8. The van der Waals surface area contributed by atoms with Crippen LogP contribution in [0.2, 0.25) is 0 Å². The minimum atomic E-state index is 0.682. The minimum absolute atomic E-state index is 0.682. The normalized spacial score (nSPS) is 10.6. The van der Waals surface area contributed by atoms with E-state index < -0.39 is 0 Å². The van der Waals surface area contributed by atoms with E-state index in [1.165, 1.54) is 10.8 Å². The molecule has 1 nitrogen and oxygen atoms in total. The highest BCUT2D eigenvalue weighted by Gasteiger charge is 2.08. The van der Waals surface area contributed by atoms with Gasteiger partial charge in [-0.2, -0.15) is 0 Å². The van der Waals surface area contributed by atoms with Crippen LogP contribution in [0.1, 0.15) is 11.1 Å². The van der Waals surface area contributed by atoms with Crippen molar-refractivity contribution < 1.29 is 4.42 Å². The number of rotatable bonds is 0. The fraction of sp³-hybridized carbons (Fsp3) is 0. The molecule has 0 bridgehead atoms. The molecule has 0 spiro atoms. The van der Waals surface area contributed by atoms with Gasteiger partial charge in [0.05, 0.1) is 5.56 Å². The zero-order valence-electron chi connectivity index (χ0n) is 11.6. The van der Waals surface area contributed by atoms with Gasteiger partial charge in [0.2, 0.25) is 0 Å². The van der Waals surface area contributed by atoms with Gasteiger partial charge in [0, 0.05) is 10.9 Å². The molecule has 0 saturated heterocycles. The van der Waals surface area contributed by atoms with Gasteiger partial charge in [-0.15, -0.1) is 0 Å². The zero-order valence-corrected chi connectivity index (χ0v) is 13.2. The number of hydrogen-bond donors (Lipinski definition) is 0. The molecule has 0 N–H and O–H groups in total. The van der Waals surface area contributed by atoms with E-state index >= 15 is 0 Å². The number of fused-ring (bicyclic) bond motifs is 2. The van der Waals surface area contributed by atoms with Crippen LogP contribution in [-0.4, -0.2) is 0 Å². The standard InChI is InChI=1S/C20H11BrO/c21-20-18(17-7-3-4-8-19(17)22-20)12-10-14-9-11-15-5-1-2-6-16(15)13-14/h1-9,11,13H. The van der Waals surface area contributed by atoms with E-state index in [0.29, 0.717) is 4.67 Å². The highest BCUT2D eigenvalue weighted by Crippen LogP contribution is 2.29. The largest absolute Gasteiger partial charge is 0.448 e. The maximum atomic E-state index is 5.67. The van der Waals surface area contributed by atoms with Crippen LogP contribution < -0.4 is 0 Å². The van der Waals surface area contributed by atoms with E-state index in [1.807, 2.05) is 42.5 Å². The summed E-state index contributed by atoms with van der Waals surface area (Å²) < 4.78 is 6.35. The molecule has 4 aromatic rings. The molecule has 104 valence electrons. The number of para-hydroxylation sites is 1. The molecule has 0 aliphatic rings. The van der Waals surface area contributed by atoms with Crippen LogP contribution in [0.4, 0.5) is 0 Å². The van der Waals surface area contributed by atoms with E-state index in [1.54, 1.807) is 0 Å². The Kier molecular flexibility index (Phi) is 3.21. The van der Waals surface area contributed by atoms with Crippen LogP contribution in [0.3, 0.4) is 0 Å². The summed E-state index contributed by atoms with van der Waals surface area (Å²) in [6.45, 7) is 0. The van der Waals surface area contributed by atoms with E-state index in [9.17, 15) is 0 Å². The summed E-state index contributed by atoms with van der Waals surface area (Å²) in [4.78, 5) is 0. The lowest BCUT2D eigenvalue weighted by Crippen LogP contribution is -1.77. The maximum absolute atomic E-state index is 5.67. The van der Waals surface area contributed by atoms with Gasteiger partial charge in [0.15, 0.2) is 4.67 Å². The second-order valence-corrected chi connectivity index (χ2v) is 5.78. The molecule has 0 atom stereocenters. The lowest BCUT2D eigenvalue weighted by atomic mass is 10.1. The van der Waals surface area contributed by atoms with Crippen LogP contribution >= 0.6 is 15.9 Å². The number of halogens is 1. The average Bonchev–Trinajstić information content (AvgIpc) is 2.88. The molecule has 0 saturated carbocycles. The molecule has 3 aromatic carbocycles. The minimum Gasteiger partial charge on any atom is -0.448 e. The van der Waals surface area contributed by atoms with Crippen molar-refractivity contribution in [3.8, 4) is 11.8 Å². The fourth-order valence-corrected chi connectivity index (χ4v) is 3.02. The van der Waals surface area contributed by atoms with Crippen molar-refractivity contribution in [2.75, 3.05) is 0 Å². The monoisotopic (exact) mass is 346 g/mol. The van der Waals surface area contributed by atoms with Gasteiger partial charge in [-0.25, -0.2) is 0 Å². The van der Waals surface area contributed by atoms with Gasteiger partial charge in [0.25, 0.3) is 0 Å². The van der Waals surface area contributed by atoms with Crippen molar-refractivity contribution >= 4 is 37.7 Å². The Bertz CT molecular complexity index is 1050. The van der Waals surface area contributed by atoms with E-state index in [-0.39, 0.29) is 0 Å². The topological polar surface area (TPSA) is 13.1 Å². The van der Waals surface area contributed by atoms with Gasteiger partial charge in [-0.3, -0.25) is 0 Å². The predicted octanol–water partition coefficient (Wildman–Crippen LogP) is 5.75. The van der Waals surface area contributed by atoms with Gasteiger partial charge in [0.1, 0.15) is 5.58 Å². The Morgan fingerprint density at radius 3 is 2.45 bits per heavy atom. The van der Waals surface area contributed by atoms with Crippen molar-refractivity contribution in [1.82, 2.24) is 0 Å². The summed E-state index contributed by atoms with van der Waals surface area (Å²) in [7, 11) is 0. The Hall–Kier alpha value is -2.50. The molecule has 0 amide bonds. The Morgan fingerprint density at radius 2 is 1.55 bits per heavy atom. The third-order valence-corrected chi connectivity index (χ3v) is 4.19. The lowest BCUT2D eigenvalue weighted by molar-refractivity contribution is 0.586. The highest BCUT2D eigenvalue weighted by molar-refractivity contribution is 9.10. The molecule has 1 heterocycles. The lowest BCUT2D eigenvalue weighted by Gasteiger charge is -1.97. The first-order valence-electron chi connectivity index (χ1n) is 6.99. The number of hydrogen-bond acceptors (Lipinski definition) is 1. The van der Waals surface area contributed by atoms with Crippen molar-refractivity contribution in [2.24, 2.45) is 0 Å². The summed E-state index contributed by atoms with van der Waals surface area (Å²) in [6, 6.07) is 22.5. The molecular formula is C20H11BrO. The molecule has 22 heavy (non-hydrogen) atoms. The van der Waals surface area contributed by atoms with Crippen LogP contribution in [0.25, 0.3) is 21.7 Å². The van der Waals surface area contributed by atoms with Crippen LogP contribution in [-0.2, 0) is 0 Å². The third kappa shape index (κ3) is 2.30. The molecule has 0 unspecified atom stereocenters. The van der Waals surface area contributed by atoms with Crippen molar-refractivity contribution in [2.45, 2.75) is 0 Å². The van der Waals surface area contributed by atoms with Crippen molar-refractivity contribution in [3.63, 3.8) is 0 Å². The van der Waals surface area contributed by atoms with Crippen LogP contribution in [0, 0.1) is 11.8 Å². The second kappa shape index (κ2) is 5.36. The molecule has 4 rings (SSSR count). The van der Waals surface area contributed by atoms with Gasteiger partial charge in [-0.05, 0) is 51.0 Å². The molecule has 0 aliphatic carbocycles. The van der Waals surface area contributed by atoms with E-state index in [2.05, 4.69) is 52.0 Å². The molecule has 1 aromatic heterocycles. The number of benzene rings is 3. The van der Waals surface area contributed by atoms with Gasteiger partial charge < -0.3 is 4.42 Å². The summed E-state index contributed by atoms with van der Waals surface area (Å²) in [5, 5.41) is 3.45. The van der Waals surface area contributed by atoms with Gasteiger partial charge >= 0.3 is 0 Å². The smallest absolute Gasteiger partial charge is 0.186 e. The van der Waals surface area contributed by atoms with Crippen molar-refractivity contribution in [3.05, 3.63) is 82.5 Å². The summed E-state index contributed by atoms with van der Waals surface area (Å²) >= 11 is 3.45. The highest BCUT2D eigenvalue weighted by atomic mass is 79.9. The van der Waals surface area contributed by atoms with Crippen LogP contribution in [0.5, 0.6) is 0 Å². The molecule has 0 fully saturated rings. The summed E-state index contributed by atoms with van der Waals surface area (Å²) in [5.74, 6) is 6.46. The zero-order chi connectivity index (χ0) is 14.9. The summed E-state index contributed by atoms with van der Waals surface area (Å²) in [6.07, 6.45) is 0. The molecule has 0 radical (unpaired) electrons. The summed E-state index contributed by atoms with van der Waals surface area (Å²) in [5.41, 5.74) is 2.73. The first-order valence-corrected chi connectivity index (χ1v) is 7.78. The molecule has 2 heteroatoms. The fourth-order valence-electron chi connectivity index (χ4n) is 2.53. The average molecular weight is 347 g/mol. The predicted molar refractivity (Wildman–Crippen MR) is 93.8 cm³/mol. The maximum Gasteiger partial charge on any atom is 0.186 e. The second-order valence-electron chi connectivity index (χ2n) is 5.06. The van der Waals surface area contributed by atoms with E-state index in [4.69, 9.17) is 4.42 Å². The van der Waals surface area contributed by atoms with E-state index in [0.717, 1.165) is 22.1 Å². The Balaban J connectivity index is 1.82. The number of furan rings is 1. The SMILES string of the molecule is Brc1oc2ccccc2c1C#Cc1ccc2ccccc2c1. The quantitative estimate of drug-likeness (QED) is 0.369. The van der Waals surface area contributed by atoms with Crippen LogP contribution in [0.15, 0.2) is 75.8 Å². The molecular weight excluding hydrogens is 336 g/mol. The van der Waals surface area contributed by atoms with Crippen molar-refractivity contribution in [1.29, 1.82) is 0 Å². The van der Waals surface area contributed by atoms with Gasteiger partial charge in [-0.1, -0.05) is 54.3 Å². The first kappa shape index (κ1) is 13.2.